The second kappa shape index (κ2) is 5.21. The van der Waals surface area contributed by atoms with Gasteiger partial charge in [-0.3, -0.25) is 0 Å². The van der Waals surface area contributed by atoms with E-state index in [4.69, 9.17) is 17.5 Å². The molecule has 0 bridgehead atoms. The summed E-state index contributed by atoms with van der Waals surface area (Å²) < 4.78 is 1.95. The fourth-order valence-electron chi connectivity index (χ4n) is 4.14. The van der Waals surface area contributed by atoms with Crippen LogP contribution in [0.1, 0.15) is 43.4 Å². The monoisotopic (exact) mass is 321 g/mol. The van der Waals surface area contributed by atoms with Crippen LogP contribution in [0.15, 0.2) is 30.3 Å². The van der Waals surface area contributed by atoms with E-state index in [1.807, 2.05) is 23.7 Å². The van der Waals surface area contributed by atoms with E-state index in [1.165, 1.54) is 24.8 Å². The maximum atomic E-state index is 9.17. The third-order valence-electron chi connectivity index (χ3n) is 5.46. The zero-order chi connectivity index (χ0) is 16.0. The standard InChI is InChI=1S/C19H19N3S/c1-22-14(12-20)6-8-17(22)13-5-7-16-15(11-13)19(18(23)21-16)9-3-2-4-10-19/h5-8,11H,2-4,9-10H2,1H3,(H,21,23). The highest BCUT2D eigenvalue weighted by Crippen LogP contribution is 2.49. The third-order valence-corrected chi connectivity index (χ3v) is 5.95. The summed E-state index contributed by atoms with van der Waals surface area (Å²) >= 11 is 5.71. The van der Waals surface area contributed by atoms with Gasteiger partial charge in [0, 0.05) is 23.8 Å². The van der Waals surface area contributed by atoms with E-state index in [-0.39, 0.29) is 5.41 Å². The lowest BCUT2D eigenvalue weighted by atomic mass is 9.70. The first kappa shape index (κ1) is 14.5. The van der Waals surface area contributed by atoms with Crippen LogP contribution in [0.5, 0.6) is 0 Å². The number of rotatable bonds is 1. The molecule has 4 heteroatoms. The maximum absolute atomic E-state index is 9.17. The van der Waals surface area contributed by atoms with Crippen molar-refractivity contribution in [1.29, 1.82) is 5.26 Å². The average Bonchev–Trinajstić information content (AvgIpc) is 3.07. The van der Waals surface area contributed by atoms with Gasteiger partial charge in [0.1, 0.15) is 11.8 Å². The van der Waals surface area contributed by atoms with Gasteiger partial charge >= 0.3 is 0 Å². The van der Waals surface area contributed by atoms with Gasteiger partial charge in [0.25, 0.3) is 0 Å². The van der Waals surface area contributed by atoms with Gasteiger partial charge in [-0.25, -0.2) is 0 Å². The second-order valence-electron chi connectivity index (χ2n) is 6.63. The van der Waals surface area contributed by atoms with E-state index in [0.717, 1.165) is 34.8 Å². The number of nitrogens with one attached hydrogen (secondary N) is 1. The number of nitrogens with zero attached hydrogens (tertiary/aromatic N) is 2. The number of anilines is 1. The average molecular weight is 321 g/mol. The Kier molecular flexibility index (Phi) is 3.28. The number of hydrogen-bond acceptors (Lipinski definition) is 2. The summed E-state index contributed by atoms with van der Waals surface area (Å²) in [5.41, 5.74) is 5.45. The molecule has 2 aromatic rings. The minimum Gasteiger partial charge on any atom is -0.349 e. The van der Waals surface area contributed by atoms with Crippen LogP contribution < -0.4 is 5.32 Å². The quantitative estimate of drug-likeness (QED) is 0.785. The van der Waals surface area contributed by atoms with Gasteiger partial charge in [0.05, 0.1) is 4.99 Å². The Morgan fingerprint density at radius 1 is 1.17 bits per heavy atom. The van der Waals surface area contributed by atoms with Crippen LogP contribution in [0.4, 0.5) is 5.69 Å². The normalized spacial score (nSPS) is 18.5. The first-order valence-electron chi connectivity index (χ1n) is 8.18. The Hall–Kier alpha value is -2.12. The van der Waals surface area contributed by atoms with Crippen LogP contribution in [0.2, 0.25) is 0 Å². The van der Waals surface area contributed by atoms with Crippen molar-refractivity contribution in [2.24, 2.45) is 7.05 Å². The second-order valence-corrected chi connectivity index (χ2v) is 7.04. The zero-order valence-electron chi connectivity index (χ0n) is 13.2. The lowest BCUT2D eigenvalue weighted by Gasteiger charge is -2.33. The van der Waals surface area contributed by atoms with E-state index in [2.05, 4.69) is 29.6 Å². The minimum absolute atomic E-state index is 0.0299. The van der Waals surface area contributed by atoms with Gasteiger partial charge in [-0.2, -0.15) is 5.26 Å². The Labute approximate surface area is 141 Å². The van der Waals surface area contributed by atoms with Gasteiger partial charge in [-0.15, -0.1) is 0 Å². The Balaban J connectivity index is 1.84. The summed E-state index contributed by atoms with van der Waals surface area (Å²) in [6.45, 7) is 0. The van der Waals surface area contributed by atoms with Gasteiger partial charge in [-0.1, -0.05) is 37.5 Å². The van der Waals surface area contributed by atoms with Crippen LogP contribution in [-0.2, 0) is 12.5 Å². The van der Waals surface area contributed by atoms with E-state index in [9.17, 15) is 0 Å². The molecule has 23 heavy (non-hydrogen) atoms. The molecule has 116 valence electrons. The molecule has 3 nitrogen and oxygen atoms in total. The molecule has 1 aromatic heterocycles. The molecule has 1 aliphatic carbocycles. The lowest BCUT2D eigenvalue weighted by molar-refractivity contribution is 0.389. The molecule has 0 radical (unpaired) electrons. The summed E-state index contributed by atoms with van der Waals surface area (Å²) in [5.74, 6) is 0. The number of fused-ring (bicyclic) bond motifs is 2. The fourth-order valence-corrected chi connectivity index (χ4v) is 4.56. The number of thiocarbonyl (C=S) groups is 1. The Morgan fingerprint density at radius 3 is 2.65 bits per heavy atom. The molecule has 4 rings (SSSR count). The smallest absolute Gasteiger partial charge is 0.120 e. The number of aromatic nitrogens is 1. The Morgan fingerprint density at radius 2 is 1.96 bits per heavy atom. The molecule has 0 unspecified atom stereocenters. The molecule has 1 spiro atoms. The lowest BCUT2D eigenvalue weighted by Crippen LogP contribution is -2.35. The van der Waals surface area contributed by atoms with Crippen molar-refractivity contribution in [3.63, 3.8) is 0 Å². The molecule has 2 aliphatic rings. The highest BCUT2D eigenvalue weighted by atomic mass is 32.1. The first-order chi connectivity index (χ1) is 11.2. The van der Waals surface area contributed by atoms with Crippen molar-refractivity contribution in [3.05, 3.63) is 41.6 Å². The molecule has 0 amide bonds. The van der Waals surface area contributed by atoms with Gasteiger partial charge in [-0.05, 0) is 48.2 Å². The summed E-state index contributed by atoms with van der Waals surface area (Å²) in [6, 6.07) is 12.7. The SMILES string of the molecule is Cn1c(C#N)ccc1-c1ccc2c(c1)C1(CCCCC1)C(=S)N2. The maximum Gasteiger partial charge on any atom is 0.120 e. The van der Waals surface area contributed by atoms with E-state index < -0.39 is 0 Å². The van der Waals surface area contributed by atoms with Crippen LogP contribution in [0, 0.1) is 11.3 Å². The van der Waals surface area contributed by atoms with Crippen molar-refractivity contribution in [3.8, 4) is 17.3 Å². The van der Waals surface area contributed by atoms with Crippen LogP contribution in [0.25, 0.3) is 11.3 Å². The number of benzene rings is 1. The van der Waals surface area contributed by atoms with Gasteiger partial charge < -0.3 is 9.88 Å². The van der Waals surface area contributed by atoms with E-state index in [1.54, 1.807) is 0 Å². The van der Waals surface area contributed by atoms with Crippen molar-refractivity contribution in [1.82, 2.24) is 4.57 Å². The molecule has 0 saturated heterocycles. The molecular weight excluding hydrogens is 302 g/mol. The third kappa shape index (κ3) is 2.04. The molecule has 1 aromatic carbocycles. The van der Waals surface area contributed by atoms with Crippen molar-refractivity contribution < 1.29 is 0 Å². The Bertz CT molecular complexity index is 835. The molecule has 0 atom stereocenters. The van der Waals surface area contributed by atoms with Crippen LogP contribution in [0.3, 0.4) is 0 Å². The predicted octanol–water partition coefficient (Wildman–Crippen LogP) is 4.52. The van der Waals surface area contributed by atoms with Crippen molar-refractivity contribution in [2.75, 3.05) is 5.32 Å². The summed E-state index contributed by atoms with van der Waals surface area (Å²) in [7, 11) is 1.94. The van der Waals surface area contributed by atoms with Crippen molar-refractivity contribution >= 4 is 22.9 Å². The molecule has 2 heterocycles. The number of nitriles is 1. The predicted molar refractivity (Wildman–Crippen MR) is 96.5 cm³/mol. The molecule has 1 aliphatic heterocycles. The summed E-state index contributed by atoms with van der Waals surface area (Å²) in [4.78, 5) is 0.994. The zero-order valence-corrected chi connectivity index (χ0v) is 14.0. The highest BCUT2D eigenvalue weighted by Gasteiger charge is 2.44. The highest BCUT2D eigenvalue weighted by molar-refractivity contribution is 7.80. The molecule has 1 saturated carbocycles. The fraction of sp³-hybridized carbons (Fsp3) is 0.368. The summed E-state index contributed by atoms with van der Waals surface area (Å²) in [5, 5.41) is 12.6. The minimum atomic E-state index is 0.0299. The molecule has 1 N–H and O–H groups in total. The van der Waals surface area contributed by atoms with Crippen molar-refractivity contribution in [2.45, 2.75) is 37.5 Å². The van der Waals surface area contributed by atoms with Gasteiger partial charge in [0.2, 0.25) is 0 Å². The van der Waals surface area contributed by atoms with Crippen LogP contribution >= 0.6 is 12.2 Å². The summed E-state index contributed by atoms with van der Waals surface area (Å²) in [6.07, 6.45) is 6.09. The first-order valence-corrected chi connectivity index (χ1v) is 8.59. The molecular formula is C19H19N3S. The largest absolute Gasteiger partial charge is 0.349 e. The van der Waals surface area contributed by atoms with E-state index >= 15 is 0 Å². The van der Waals surface area contributed by atoms with Crippen LogP contribution in [-0.4, -0.2) is 9.56 Å². The van der Waals surface area contributed by atoms with E-state index in [0.29, 0.717) is 5.69 Å². The molecule has 1 fully saturated rings. The topological polar surface area (TPSA) is 40.8 Å². The van der Waals surface area contributed by atoms with Gasteiger partial charge in [0.15, 0.2) is 0 Å². The number of hydrogen-bond donors (Lipinski definition) is 1.